The summed E-state index contributed by atoms with van der Waals surface area (Å²) >= 11 is 3.31. The number of thiophene rings is 2. The number of carbonyl (C=O) groups excluding carboxylic acids is 2. The standard InChI is InChI=1S/C20H24N4O3S2/c1-2-27-20(26)23-9-7-22(8-10-23)14-19(25)24-16(18-6-4-12-29-18)13-15(21-24)17-5-3-11-28-17/h3-6,11-12,16H,2,7-10,13-14H2,1H3. The zero-order valence-electron chi connectivity index (χ0n) is 16.3. The number of hydrazone groups is 1. The Bertz CT molecular complexity index is 858. The van der Waals surface area contributed by atoms with E-state index in [9.17, 15) is 9.59 Å². The minimum absolute atomic E-state index is 0.000425. The average Bonchev–Trinajstić information content (AvgIpc) is 3.49. The largest absolute Gasteiger partial charge is 0.450 e. The molecule has 2 aliphatic heterocycles. The van der Waals surface area contributed by atoms with Crippen LogP contribution in [0.1, 0.15) is 29.1 Å². The van der Waals surface area contributed by atoms with Gasteiger partial charge in [0.1, 0.15) is 0 Å². The van der Waals surface area contributed by atoms with E-state index in [0.29, 0.717) is 39.3 Å². The molecule has 2 aromatic rings. The van der Waals surface area contributed by atoms with E-state index in [4.69, 9.17) is 9.84 Å². The summed E-state index contributed by atoms with van der Waals surface area (Å²) in [6.45, 7) is 4.94. The van der Waals surface area contributed by atoms with Gasteiger partial charge in [-0.1, -0.05) is 12.1 Å². The molecular weight excluding hydrogens is 408 g/mol. The van der Waals surface area contributed by atoms with Crippen molar-refractivity contribution >= 4 is 40.4 Å². The molecule has 0 bridgehead atoms. The SMILES string of the molecule is CCOC(=O)N1CCN(CC(=O)N2N=C(c3cccs3)CC2c2cccs2)CC1. The summed E-state index contributed by atoms with van der Waals surface area (Å²) in [5, 5.41) is 10.4. The zero-order chi connectivity index (χ0) is 20.2. The second-order valence-electron chi connectivity index (χ2n) is 6.96. The highest BCUT2D eigenvalue weighted by atomic mass is 32.1. The van der Waals surface area contributed by atoms with Gasteiger partial charge in [-0.15, -0.1) is 22.7 Å². The first kappa shape index (κ1) is 20.1. The summed E-state index contributed by atoms with van der Waals surface area (Å²) in [4.78, 5) is 31.0. The summed E-state index contributed by atoms with van der Waals surface area (Å²) in [5.41, 5.74) is 0.971. The predicted octanol–water partition coefficient (Wildman–Crippen LogP) is 3.26. The van der Waals surface area contributed by atoms with Gasteiger partial charge in [0.05, 0.1) is 29.8 Å². The molecule has 4 rings (SSSR count). The normalized spacial score (nSPS) is 20.0. The smallest absolute Gasteiger partial charge is 0.409 e. The van der Waals surface area contributed by atoms with Gasteiger partial charge in [-0.2, -0.15) is 5.10 Å². The third-order valence-corrected chi connectivity index (χ3v) is 6.99. The third kappa shape index (κ3) is 4.52. The highest BCUT2D eigenvalue weighted by Crippen LogP contribution is 2.36. The predicted molar refractivity (Wildman–Crippen MR) is 114 cm³/mol. The number of amides is 2. The molecule has 2 aromatic heterocycles. The van der Waals surface area contributed by atoms with Crippen LogP contribution in [0.25, 0.3) is 0 Å². The molecular formula is C20H24N4O3S2. The van der Waals surface area contributed by atoms with Gasteiger partial charge < -0.3 is 9.64 Å². The molecule has 0 saturated carbocycles. The first-order valence-corrected chi connectivity index (χ1v) is 11.5. The van der Waals surface area contributed by atoms with Crippen molar-refractivity contribution in [1.29, 1.82) is 0 Å². The van der Waals surface area contributed by atoms with Gasteiger partial charge in [-0.3, -0.25) is 9.69 Å². The lowest BCUT2D eigenvalue weighted by Gasteiger charge is -2.34. The first-order chi connectivity index (χ1) is 14.2. The molecule has 7 nitrogen and oxygen atoms in total. The number of carbonyl (C=O) groups is 2. The second-order valence-corrected chi connectivity index (χ2v) is 8.89. The van der Waals surface area contributed by atoms with Crippen LogP contribution in [-0.2, 0) is 9.53 Å². The Morgan fingerprint density at radius 3 is 2.55 bits per heavy atom. The number of nitrogens with zero attached hydrogens (tertiary/aromatic N) is 4. The first-order valence-electron chi connectivity index (χ1n) is 9.76. The van der Waals surface area contributed by atoms with Crippen LogP contribution in [0.4, 0.5) is 4.79 Å². The van der Waals surface area contributed by atoms with Crippen LogP contribution < -0.4 is 0 Å². The van der Waals surface area contributed by atoms with E-state index in [1.165, 1.54) is 0 Å². The molecule has 2 aliphatic rings. The number of piperazine rings is 1. The highest BCUT2D eigenvalue weighted by Gasteiger charge is 2.35. The van der Waals surface area contributed by atoms with Crippen molar-refractivity contribution in [2.75, 3.05) is 39.3 Å². The Morgan fingerprint density at radius 2 is 1.90 bits per heavy atom. The number of hydrogen-bond donors (Lipinski definition) is 0. The topological polar surface area (TPSA) is 65.5 Å². The van der Waals surface area contributed by atoms with E-state index in [1.54, 1.807) is 39.5 Å². The fraction of sp³-hybridized carbons (Fsp3) is 0.450. The Kier molecular flexibility index (Phi) is 6.27. The van der Waals surface area contributed by atoms with E-state index in [1.807, 2.05) is 22.9 Å². The quantitative estimate of drug-likeness (QED) is 0.727. The van der Waals surface area contributed by atoms with Gasteiger partial charge in [0, 0.05) is 37.5 Å². The lowest BCUT2D eigenvalue weighted by Crippen LogP contribution is -2.51. The van der Waals surface area contributed by atoms with Crippen molar-refractivity contribution in [3.63, 3.8) is 0 Å². The molecule has 1 atom stereocenters. The van der Waals surface area contributed by atoms with Crippen molar-refractivity contribution in [2.24, 2.45) is 5.10 Å². The van der Waals surface area contributed by atoms with Gasteiger partial charge in [0.2, 0.25) is 0 Å². The monoisotopic (exact) mass is 432 g/mol. The average molecular weight is 433 g/mol. The van der Waals surface area contributed by atoms with Crippen molar-refractivity contribution < 1.29 is 14.3 Å². The van der Waals surface area contributed by atoms with Crippen LogP contribution in [0.3, 0.4) is 0 Å². The maximum atomic E-state index is 13.1. The van der Waals surface area contributed by atoms with Crippen LogP contribution >= 0.6 is 22.7 Å². The van der Waals surface area contributed by atoms with Crippen molar-refractivity contribution in [2.45, 2.75) is 19.4 Å². The second kappa shape index (κ2) is 9.06. The molecule has 0 radical (unpaired) electrons. The van der Waals surface area contributed by atoms with Crippen molar-refractivity contribution in [3.05, 3.63) is 44.8 Å². The Hall–Kier alpha value is -2.23. The summed E-state index contributed by atoms with van der Waals surface area (Å²) in [6, 6.07) is 8.11. The molecule has 1 fully saturated rings. The summed E-state index contributed by atoms with van der Waals surface area (Å²) in [7, 11) is 0. The fourth-order valence-corrected chi connectivity index (χ4v) is 5.13. The van der Waals surface area contributed by atoms with Gasteiger partial charge in [0.15, 0.2) is 0 Å². The van der Waals surface area contributed by atoms with Gasteiger partial charge in [-0.25, -0.2) is 9.80 Å². The number of rotatable bonds is 5. The maximum absolute atomic E-state index is 13.1. The van der Waals surface area contributed by atoms with E-state index in [-0.39, 0.29) is 18.0 Å². The Morgan fingerprint density at radius 1 is 1.14 bits per heavy atom. The van der Waals surface area contributed by atoms with Gasteiger partial charge in [-0.05, 0) is 29.8 Å². The van der Waals surface area contributed by atoms with E-state index >= 15 is 0 Å². The minimum atomic E-state index is -0.277. The van der Waals surface area contributed by atoms with Crippen molar-refractivity contribution in [3.8, 4) is 0 Å². The molecule has 0 spiro atoms. The molecule has 0 N–H and O–H groups in total. The van der Waals surface area contributed by atoms with E-state index in [2.05, 4.69) is 17.0 Å². The van der Waals surface area contributed by atoms with E-state index < -0.39 is 0 Å². The van der Waals surface area contributed by atoms with Crippen LogP contribution in [0.2, 0.25) is 0 Å². The maximum Gasteiger partial charge on any atom is 0.409 e. The summed E-state index contributed by atoms with van der Waals surface area (Å²) in [5.74, 6) is -0.000425. The van der Waals surface area contributed by atoms with Crippen LogP contribution in [0.15, 0.2) is 40.1 Å². The van der Waals surface area contributed by atoms with Crippen LogP contribution in [0, 0.1) is 0 Å². The highest BCUT2D eigenvalue weighted by molar-refractivity contribution is 7.12. The van der Waals surface area contributed by atoms with Crippen molar-refractivity contribution in [1.82, 2.24) is 14.8 Å². The number of ether oxygens (including phenoxy) is 1. The van der Waals surface area contributed by atoms with Gasteiger partial charge >= 0.3 is 6.09 Å². The fourth-order valence-electron chi connectivity index (χ4n) is 3.60. The van der Waals surface area contributed by atoms with E-state index in [0.717, 1.165) is 21.9 Å². The Labute approximate surface area is 178 Å². The zero-order valence-corrected chi connectivity index (χ0v) is 18.0. The lowest BCUT2D eigenvalue weighted by atomic mass is 10.1. The molecule has 9 heteroatoms. The molecule has 0 aliphatic carbocycles. The molecule has 29 heavy (non-hydrogen) atoms. The number of hydrogen-bond acceptors (Lipinski definition) is 7. The minimum Gasteiger partial charge on any atom is -0.450 e. The molecule has 1 saturated heterocycles. The molecule has 4 heterocycles. The van der Waals surface area contributed by atoms with Crippen LogP contribution in [0.5, 0.6) is 0 Å². The molecule has 0 aromatic carbocycles. The molecule has 154 valence electrons. The molecule has 1 unspecified atom stereocenters. The lowest BCUT2D eigenvalue weighted by molar-refractivity contribution is -0.134. The Balaban J connectivity index is 1.41. The third-order valence-electron chi connectivity index (χ3n) is 5.10. The summed E-state index contributed by atoms with van der Waals surface area (Å²) in [6.07, 6.45) is 0.463. The summed E-state index contributed by atoms with van der Waals surface area (Å²) < 4.78 is 5.06. The van der Waals surface area contributed by atoms with Gasteiger partial charge in [0.25, 0.3) is 5.91 Å². The van der Waals surface area contributed by atoms with Crippen LogP contribution in [-0.4, -0.2) is 71.9 Å². The molecule has 2 amide bonds.